The first kappa shape index (κ1) is 19.4. The van der Waals surface area contributed by atoms with Crippen LogP contribution in [0.4, 0.5) is 5.69 Å². The van der Waals surface area contributed by atoms with E-state index in [1.807, 2.05) is 7.05 Å². The van der Waals surface area contributed by atoms with Crippen molar-refractivity contribution < 1.29 is 17.9 Å². The predicted octanol–water partition coefficient (Wildman–Crippen LogP) is 1.27. The number of anilines is 1. The molecule has 1 amide bonds. The van der Waals surface area contributed by atoms with E-state index in [0.717, 1.165) is 10.8 Å². The lowest BCUT2D eigenvalue weighted by Crippen LogP contribution is -2.23. The van der Waals surface area contributed by atoms with Gasteiger partial charge in [0.25, 0.3) is 0 Å². The van der Waals surface area contributed by atoms with Gasteiger partial charge in [-0.2, -0.15) is 0 Å². The molecule has 1 aromatic rings. The van der Waals surface area contributed by atoms with E-state index >= 15 is 0 Å². The smallest absolute Gasteiger partial charge is 0.246 e. The number of carbonyl (C=O) groups excluding carboxylic acids is 1. The molecule has 0 radical (unpaired) electrons. The van der Waals surface area contributed by atoms with E-state index in [4.69, 9.17) is 4.74 Å². The first-order valence-corrected chi connectivity index (χ1v) is 8.90. The van der Waals surface area contributed by atoms with Gasteiger partial charge in [-0.25, -0.2) is 12.7 Å². The standard InChI is InChI=1S/C15H25N3O4S/c1-5-22-13-9-8-12(17-15(19)7-6-10-16-2)11-14(13)23(20,21)18(3)4/h8-9,11,16H,5-7,10H2,1-4H3,(H,17,19). The molecule has 1 aromatic carbocycles. The summed E-state index contributed by atoms with van der Waals surface area (Å²) in [7, 11) is 1.07. The second kappa shape index (κ2) is 8.85. The molecule has 23 heavy (non-hydrogen) atoms. The highest BCUT2D eigenvalue weighted by Gasteiger charge is 2.23. The minimum absolute atomic E-state index is 0.0392. The Hall–Kier alpha value is -1.64. The van der Waals surface area contributed by atoms with Gasteiger partial charge in [0.1, 0.15) is 10.6 Å². The van der Waals surface area contributed by atoms with Crippen molar-refractivity contribution in [3.05, 3.63) is 18.2 Å². The van der Waals surface area contributed by atoms with Gasteiger partial charge in [-0.05, 0) is 45.1 Å². The first-order valence-electron chi connectivity index (χ1n) is 7.46. The van der Waals surface area contributed by atoms with Crippen molar-refractivity contribution in [3.63, 3.8) is 0 Å². The predicted molar refractivity (Wildman–Crippen MR) is 90.3 cm³/mol. The Balaban J connectivity index is 3.02. The number of sulfonamides is 1. The molecule has 0 aliphatic carbocycles. The molecule has 0 fully saturated rings. The van der Waals surface area contributed by atoms with E-state index in [-0.39, 0.29) is 16.6 Å². The van der Waals surface area contributed by atoms with Crippen LogP contribution in [0.1, 0.15) is 19.8 Å². The third kappa shape index (κ3) is 5.49. The van der Waals surface area contributed by atoms with Gasteiger partial charge >= 0.3 is 0 Å². The van der Waals surface area contributed by atoms with Gasteiger partial charge in [0.05, 0.1) is 6.61 Å². The highest BCUT2D eigenvalue weighted by atomic mass is 32.2. The Morgan fingerprint density at radius 3 is 2.57 bits per heavy atom. The van der Waals surface area contributed by atoms with Crippen LogP contribution in [-0.2, 0) is 14.8 Å². The van der Waals surface area contributed by atoms with Crippen LogP contribution in [0.5, 0.6) is 5.75 Å². The molecule has 7 nitrogen and oxygen atoms in total. The maximum Gasteiger partial charge on any atom is 0.246 e. The van der Waals surface area contributed by atoms with Crippen molar-refractivity contribution in [1.29, 1.82) is 0 Å². The van der Waals surface area contributed by atoms with Gasteiger partial charge < -0.3 is 15.4 Å². The Morgan fingerprint density at radius 1 is 1.30 bits per heavy atom. The zero-order valence-corrected chi connectivity index (χ0v) is 14.9. The van der Waals surface area contributed by atoms with Gasteiger partial charge in [0, 0.05) is 26.2 Å². The van der Waals surface area contributed by atoms with Gasteiger partial charge in [-0.15, -0.1) is 0 Å². The SMILES string of the molecule is CCOc1ccc(NC(=O)CCCNC)cc1S(=O)(=O)N(C)C. The van der Waals surface area contributed by atoms with E-state index in [2.05, 4.69) is 10.6 Å². The average Bonchev–Trinajstić information content (AvgIpc) is 2.49. The number of hydrogen-bond donors (Lipinski definition) is 2. The number of ether oxygens (including phenoxy) is 1. The van der Waals surface area contributed by atoms with Crippen molar-refractivity contribution >= 4 is 21.6 Å². The summed E-state index contributed by atoms with van der Waals surface area (Å²) < 4.78 is 31.3. The summed E-state index contributed by atoms with van der Waals surface area (Å²) in [6.07, 6.45) is 1.08. The fourth-order valence-electron chi connectivity index (χ4n) is 1.91. The molecule has 0 aliphatic rings. The summed E-state index contributed by atoms with van der Waals surface area (Å²) in [6, 6.07) is 4.62. The first-order chi connectivity index (χ1) is 10.8. The van der Waals surface area contributed by atoms with E-state index in [1.165, 1.54) is 20.2 Å². The molecule has 0 bridgehead atoms. The molecule has 0 aliphatic heterocycles. The summed E-state index contributed by atoms with van der Waals surface area (Å²) in [5, 5.41) is 5.68. The van der Waals surface area contributed by atoms with Gasteiger partial charge in [0.2, 0.25) is 15.9 Å². The van der Waals surface area contributed by atoms with E-state index in [1.54, 1.807) is 19.1 Å². The van der Waals surface area contributed by atoms with Crippen molar-refractivity contribution in [1.82, 2.24) is 9.62 Å². The molecule has 1 rings (SSSR count). The maximum atomic E-state index is 12.4. The Labute approximate surface area is 138 Å². The van der Waals surface area contributed by atoms with Crippen LogP contribution < -0.4 is 15.4 Å². The van der Waals surface area contributed by atoms with Crippen molar-refractivity contribution in [3.8, 4) is 5.75 Å². The van der Waals surface area contributed by atoms with Crippen LogP contribution in [0.3, 0.4) is 0 Å². The molecule has 0 spiro atoms. The number of carbonyl (C=O) groups is 1. The van der Waals surface area contributed by atoms with Crippen LogP contribution in [0.25, 0.3) is 0 Å². The van der Waals surface area contributed by atoms with Gasteiger partial charge in [0.15, 0.2) is 0 Å². The molecule has 0 saturated carbocycles. The largest absolute Gasteiger partial charge is 0.492 e. The van der Waals surface area contributed by atoms with Crippen LogP contribution >= 0.6 is 0 Å². The number of hydrogen-bond acceptors (Lipinski definition) is 5. The monoisotopic (exact) mass is 343 g/mol. The highest BCUT2D eigenvalue weighted by Crippen LogP contribution is 2.29. The number of amides is 1. The van der Waals surface area contributed by atoms with Crippen molar-refractivity contribution in [2.45, 2.75) is 24.7 Å². The molecular weight excluding hydrogens is 318 g/mol. The Bertz CT molecular complexity index is 630. The lowest BCUT2D eigenvalue weighted by Gasteiger charge is -2.16. The quantitative estimate of drug-likeness (QED) is 0.660. The topological polar surface area (TPSA) is 87.7 Å². The van der Waals surface area contributed by atoms with Gasteiger partial charge in [-0.1, -0.05) is 0 Å². The second-order valence-corrected chi connectivity index (χ2v) is 7.26. The average molecular weight is 343 g/mol. The molecule has 0 heterocycles. The summed E-state index contributed by atoms with van der Waals surface area (Å²) in [6.45, 7) is 2.88. The second-order valence-electron chi connectivity index (χ2n) is 5.14. The summed E-state index contributed by atoms with van der Waals surface area (Å²) >= 11 is 0. The molecule has 0 saturated heterocycles. The zero-order valence-electron chi connectivity index (χ0n) is 14.0. The summed E-state index contributed by atoms with van der Waals surface area (Å²) in [5.41, 5.74) is 0.434. The van der Waals surface area contributed by atoms with Crippen LogP contribution in [0.2, 0.25) is 0 Å². The van der Waals surface area contributed by atoms with Crippen molar-refractivity contribution in [2.75, 3.05) is 39.6 Å². The van der Waals surface area contributed by atoms with E-state index in [9.17, 15) is 13.2 Å². The molecule has 0 aromatic heterocycles. The Kier molecular flexibility index (Phi) is 7.47. The lowest BCUT2D eigenvalue weighted by atomic mass is 10.2. The number of benzene rings is 1. The van der Waals surface area contributed by atoms with Crippen molar-refractivity contribution in [2.24, 2.45) is 0 Å². The molecule has 0 unspecified atom stereocenters. The molecule has 130 valence electrons. The summed E-state index contributed by atoms with van der Waals surface area (Å²) in [4.78, 5) is 11.9. The number of nitrogens with one attached hydrogen (secondary N) is 2. The minimum Gasteiger partial charge on any atom is -0.492 e. The lowest BCUT2D eigenvalue weighted by molar-refractivity contribution is -0.116. The van der Waals surface area contributed by atoms with E-state index < -0.39 is 10.0 Å². The minimum atomic E-state index is -3.66. The number of rotatable bonds is 9. The van der Waals surface area contributed by atoms with Crippen LogP contribution in [-0.4, -0.2) is 52.9 Å². The molecule has 2 N–H and O–H groups in total. The highest BCUT2D eigenvalue weighted by molar-refractivity contribution is 7.89. The fourth-order valence-corrected chi connectivity index (χ4v) is 2.96. The molecular formula is C15H25N3O4S. The molecule has 8 heteroatoms. The van der Waals surface area contributed by atoms with Crippen LogP contribution in [0.15, 0.2) is 23.1 Å². The summed E-state index contributed by atoms with van der Waals surface area (Å²) in [5.74, 6) is 0.118. The fraction of sp³-hybridized carbons (Fsp3) is 0.533. The van der Waals surface area contributed by atoms with Gasteiger partial charge in [-0.3, -0.25) is 4.79 Å². The van der Waals surface area contributed by atoms with E-state index in [0.29, 0.717) is 25.1 Å². The number of nitrogens with zero attached hydrogens (tertiary/aromatic N) is 1. The normalized spacial score (nSPS) is 11.5. The van der Waals surface area contributed by atoms with Crippen LogP contribution in [0, 0.1) is 0 Å². The maximum absolute atomic E-state index is 12.4. The zero-order chi connectivity index (χ0) is 17.5. The Morgan fingerprint density at radius 2 is 2.00 bits per heavy atom. The third-order valence-electron chi connectivity index (χ3n) is 3.12. The molecule has 0 atom stereocenters. The third-order valence-corrected chi connectivity index (χ3v) is 4.95.